The molecule has 28 heavy (non-hydrogen) atoms. The lowest BCUT2D eigenvalue weighted by Crippen LogP contribution is -2.25. The molecule has 1 aliphatic heterocycles. The maximum absolute atomic E-state index is 9.89. The lowest BCUT2D eigenvalue weighted by Gasteiger charge is -2.19. The molecule has 0 bridgehead atoms. The first kappa shape index (κ1) is 18.5. The number of hydrogen-bond acceptors (Lipinski definition) is 4. The summed E-state index contributed by atoms with van der Waals surface area (Å²) in [6, 6.07) is 10.6. The Morgan fingerprint density at radius 1 is 1.29 bits per heavy atom. The smallest absolute Gasteiger partial charge is 0.243 e. The van der Waals surface area contributed by atoms with Crippen molar-refractivity contribution in [1.29, 1.82) is 0 Å². The van der Waals surface area contributed by atoms with Gasteiger partial charge >= 0.3 is 0 Å². The predicted molar refractivity (Wildman–Crippen MR) is 113 cm³/mol. The molecular formula is C21H25ClN5O+. The van der Waals surface area contributed by atoms with Gasteiger partial charge in [-0.15, -0.1) is 0 Å². The Bertz CT molecular complexity index is 999. The van der Waals surface area contributed by atoms with Gasteiger partial charge in [0.1, 0.15) is 29.2 Å². The number of nitrogens with zero attached hydrogens (tertiary/aromatic N) is 3. The Morgan fingerprint density at radius 3 is 2.71 bits per heavy atom. The van der Waals surface area contributed by atoms with Gasteiger partial charge in [-0.05, 0) is 42.8 Å². The van der Waals surface area contributed by atoms with Crippen molar-refractivity contribution in [3.8, 4) is 5.75 Å². The topological polar surface area (TPSA) is 70.3 Å². The molecule has 0 aliphatic carbocycles. The van der Waals surface area contributed by atoms with E-state index in [1.54, 1.807) is 13.0 Å². The Balaban J connectivity index is 1.46. The monoisotopic (exact) mass is 398 g/mol. The van der Waals surface area contributed by atoms with Crippen LogP contribution in [0.2, 0.25) is 5.02 Å². The second-order valence-corrected chi connectivity index (χ2v) is 7.78. The molecule has 2 aromatic carbocycles. The summed E-state index contributed by atoms with van der Waals surface area (Å²) >= 11 is 6.11. The molecule has 2 heterocycles. The third-order valence-corrected chi connectivity index (χ3v) is 5.74. The zero-order valence-corrected chi connectivity index (χ0v) is 16.8. The van der Waals surface area contributed by atoms with E-state index in [4.69, 9.17) is 17.3 Å². The number of rotatable bonds is 4. The number of hydrogen-bond donors (Lipinski definition) is 3. The molecule has 0 spiro atoms. The van der Waals surface area contributed by atoms with Crippen LogP contribution in [-0.4, -0.2) is 22.8 Å². The van der Waals surface area contributed by atoms with Crippen LogP contribution in [0.25, 0.3) is 0 Å². The predicted octanol–water partition coefficient (Wildman–Crippen LogP) is 3.76. The molecule has 4 rings (SSSR count). The fraction of sp³-hybridized carbons (Fsp3) is 0.286. The van der Waals surface area contributed by atoms with Gasteiger partial charge in [0.2, 0.25) is 6.33 Å². The van der Waals surface area contributed by atoms with E-state index in [9.17, 15) is 5.11 Å². The second-order valence-electron chi connectivity index (χ2n) is 7.40. The molecular weight excluding hydrogens is 374 g/mol. The quantitative estimate of drug-likeness (QED) is 0.355. The van der Waals surface area contributed by atoms with E-state index in [1.165, 1.54) is 5.69 Å². The summed E-state index contributed by atoms with van der Waals surface area (Å²) in [5, 5.41) is 13.4. The molecule has 1 unspecified atom stereocenters. The van der Waals surface area contributed by atoms with Crippen molar-refractivity contribution >= 4 is 34.4 Å². The van der Waals surface area contributed by atoms with Crippen molar-refractivity contribution in [2.45, 2.75) is 19.4 Å². The highest BCUT2D eigenvalue weighted by Crippen LogP contribution is 2.39. The molecule has 3 aromatic rings. The fourth-order valence-electron chi connectivity index (χ4n) is 3.70. The van der Waals surface area contributed by atoms with Crippen molar-refractivity contribution in [3.63, 3.8) is 0 Å². The van der Waals surface area contributed by atoms with E-state index in [-0.39, 0.29) is 10.8 Å². The first-order valence-corrected chi connectivity index (χ1v) is 9.72. The number of benzene rings is 2. The van der Waals surface area contributed by atoms with Gasteiger partial charge in [0.15, 0.2) is 0 Å². The number of imidazole rings is 1. The van der Waals surface area contributed by atoms with Gasteiger partial charge in [-0.25, -0.2) is 9.13 Å². The van der Waals surface area contributed by atoms with Gasteiger partial charge in [-0.3, -0.25) is 0 Å². The van der Waals surface area contributed by atoms with Crippen molar-refractivity contribution < 1.29 is 9.67 Å². The summed E-state index contributed by atoms with van der Waals surface area (Å²) < 4.78 is 4.36. The number of nitrogens with one attached hydrogen (secondary N) is 1. The van der Waals surface area contributed by atoms with E-state index in [0.29, 0.717) is 23.0 Å². The minimum atomic E-state index is 0.0277. The zero-order chi connectivity index (χ0) is 19.8. The van der Waals surface area contributed by atoms with E-state index >= 15 is 0 Å². The Hall–Kier alpha value is -2.86. The van der Waals surface area contributed by atoms with Crippen LogP contribution in [-0.2, 0) is 7.05 Å². The molecule has 6 nitrogen and oxygen atoms in total. The third-order valence-electron chi connectivity index (χ3n) is 5.35. The molecule has 1 aliphatic rings. The number of aryl methyl sites for hydroxylation is 2. The molecule has 1 fully saturated rings. The molecule has 1 saturated heterocycles. The van der Waals surface area contributed by atoms with E-state index < -0.39 is 0 Å². The number of anilines is 4. The number of phenolic OH excluding ortho intramolecular Hbond substituents is 1. The van der Waals surface area contributed by atoms with Crippen LogP contribution in [0, 0.1) is 6.92 Å². The van der Waals surface area contributed by atoms with Crippen LogP contribution in [0.3, 0.4) is 0 Å². The summed E-state index contributed by atoms with van der Waals surface area (Å²) in [6.07, 6.45) is 7.48. The van der Waals surface area contributed by atoms with Gasteiger partial charge in [0, 0.05) is 24.3 Å². The summed E-state index contributed by atoms with van der Waals surface area (Å²) in [7, 11) is 2.05. The van der Waals surface area contributed by atoms with Gasteiger partial charge in [-0.1, -0.05) is 11.6 Å². The average Bonchev–Trinajstić information content (AvgIpc) is 3.34. The molecule has 0 saturated carbocycles. The lowest BCUT2D eigenvalue weighted by molar-refractivity contribution is -0.671. The number of nitrogens with two attached hydrogens (primary N) is 1. The molecule has 146 valence electrons. The van der Waals surface area contributed by atoms with Crippen LogP contribution < -0.4 is 20.5 Å². The number of halogens is 1. The van der Waals surface area contributed by atoms with Gasteiger partial charge in [0.25, 0.3) is 0 Å². The first-order valence-electron chi connectivity index (χ1n) is 9.34. The normalized spacial score (nSPS) is 16.5. The van der Waals surface area contributed by atoms with Crippen LogP contribution in [0.15, 0.2) is 49.1 Å². The fourth-order valence-corrected chi connectivity index (χ4v) is 3.95. The summed E-state index contributed by atoms with van der Waals surface area (Å²) in [6.45, 7) is 3.84. The largest absolute Gasteiger partial charge is 0.506 e. The molecule has 1 atom stereocenters. The highest BCUT2D eigenvalue weighted by atomic mass is 35.5. The summed E-state index contributed by atoms with van der Waals surface area (Å²) in [5.74, 6) is 0.0277. The maximum atomic E-state index is 9.89. The summed E-state index contributed by atoms with van der Waals surface area (Å²) in [5.41, 5.74) is 9.88. The SMILES string of the molecule is Cc1cc(Nc2ccc(N3CCC(n4cc[n+](C)c4)C3)cc2)c(N)c(Cl)c1O. The highest BCUT2D eigenvalue weighted by molar-refractivity contribution is 6.35. The van der Waals surface area contributed by atoms with Crippen LogP contribution >= 0.6 is 11.6 Å². The summed E-state index contributed by atoms with van der Waals surface area (Å²) in [4.78, 5) is 2.41. The van der Waals surface area contributed by atoms with Crippen LogP contribution in [0.4, 0.5) is 22.7 Å². The van der Waals surface area contributed by atoms with E-state index in [2.05, 4.69) is 50.2 Å². The first-order chi connectivity index (χ1) is 13.4. The molecule has 0 amide bonds. The van der Waals surface area contributed by atoms with Crippen molar-refractivity contribution in [2.24, 2.45) is 7.05 Å². The molecule has 0 radical (unpaired) electrons. The van der Waals surface area contributed by atoms with E-state index in [1.807, 2.05) is 19.2 Å². The van der Waals surface area contributed by atoms with Gasteiger partial charge in [-0.2, -0.15) is 0 Å². The maximum Gasteiger partial charge on any atom is 0.243 e. The zero-order valence-electron chi connectivity index (χ0n) is 16.1. The lowest BCUT2D eigenvalue weighted by atomic mass is 10.1. The Kier molecular flexibility index (Phi) is 4.81. The second kappa shape index (κ2) is 7.28. The Morgan fingerprint density at radius 2 is 2.04 bits per heavy atom. The van der Waals surface area contributed by atoms with Crippen molar-refractivity contribution in [2.75, 3.05) is 29.0 Å². The van der Waals surface area contributed by atoms with Crippen molar-refractivity contribution in [1.82, 2.24) is 4.57 Å². The highest BCUT2D eigenvalue weighted by Gasteiger charge is 2.27. The number of nitrogen functional groups attached to an aromatic ring is 1. The molecule has 1 aromatic heterocycles. The van der Waals surface area contributed by atoms with Gasteiger partial charge in [0.05, 0.1) is 25.0 Å². The third kappa shape index (κ3) is 3.47. The van der Waals surface area contributed by atoms with Crippen molar-refractivity contribution in [3.05, 3.63) is 59.6 Å². The minimum Gasteiger partial charge on any atom is -0.506 e. The van der Waals surface area contributed by atoms with Gasteiger partial charge < -0.3 is 21.1 Å². The standard InChI is InChI=1S/C21H24ClN5O/c1-14-11-18(20(23)19(22)21(14)28)24-15-3-5-16(6-4-15)26-8-7-17(12-26)27-10-9-25(2)13-27/h3-6,9-11,13,17,24H,7-8,12,23H2,1-2H3/p+1. The molecule has 7 heteroatoms. The van der Waals surface area contributed by atoms with Crippen LogP contribution in [0.1, 0.15) is 18.0 Å². The minimum absolute atomic E-state index is 0.0277. The molecule has 4 N–H and O–H groups in total. The number of aromatic nitrogens is 2. The Labute approximate surface area is 169 Å². The average molecular weight is 399 g/mol. The number of phenols is 1. The van der Waals surface area contributed by atoms with Crippen LogP contribution in [0.5, 0.6) is 5.75 Å². The van der Waals surface area contributed by atoms with E-state index in [0.717, 1.165) is 25.2 Å². The number of aromatic hydroxyl groups is 1.